The molecule has 6 heterocycles. The molecule has 3 aliphatic heterocycles. The van der Waals surface area contributed by atoms with Crippen molar-refractivity contribution < 1.29 is 33.6 Å². The van der Waals surface area contributed by atoms with Gasteiger partial charge in [-0.3, -0.25) is 4.79 Å². The highest BCUT2D eigenvalue weighted by Crippen LogP contribution is 2.38. The zero-order valence-electron chi connectivity index (χ0n) is 48.1. The maximum Gasteiger partial charge on any atom is 0.250 e. The van der Waals surface area contributed by atoms with Crippen molar-refractivity contribution >= 4 is 50.3 Å². The molecule has 86 heavy (non-hydrogen) atoms. The minimum absolute atomic E-state index is 0.00572. The van der Waals surface area contributed by atoms with Crippen molar-refractivity contribution in [2.45, 2.75) is 58.3 Å². The van der Waals surface area contributed by atoms with E-state index in [1.807, 2.05) is 179 Å². The minimum Gasteiger partial charge on any atom is -0.508 e. The number of pyridine rings is 3. The van der Waals surface area contributed by atoms with E-state index in [4.69, 9.17) is 47.7 Å². The fraction of sp³-hybridized carbons (Fsp3) is 0.217. The quantitative estimate of drug-likeness (QED) is 0.0989. The van der Waals surface area contributed by atoms with E-state index in [2.05, 4.69) is 55.3 Å². The molecule has 3 N–H and O–H groups in total. The van der Waals surface area contributed by atoms with Crippen LogP contribution in [0.25, 0.3) is 9.69 Å². The smallest absolute Gasteiger partial charge is 0.250 e. The Bertz CT molecular complexity index is 3720. The van der Waals surface area contributed by atoms with Gasteiger partial charge in [0.1, 0.15) is 47.1 Å². The number of aryl methyl sites for hydroxylation is 3. The van der Waals surface area contributed by atoms with Gasteiger partial charge in [-0.2, -0.15) is 0 Å². The molecule has 0 unspecified atom stereocenters. The third-order valence-corrected chi connectivity index (χ3v) is 14.5. The number of phenols is 1. The first-order chi connectivity index (χ1) is 41.8. The summed E-state index contributed by atoms with van der Waals surface area (Å²) in [5.41, 5.74) is 13.4. The van der Waals surface area contributed by atoms with Crippen LogP contribution >= 0.6 is 15.9 Å². The number of hydrogen-bond acceptors (Lipinski definition) is 13. The molecule has 1 amide bonds. The van der Waals surface area contributed by atoms with Gasteiger partial charge in [-0.1, -0.05) is 88.7 Å². The first-order valence-corrected chi connectivity index (χ1v) is 29.0. The molecule has 9 aromatic rings. The lowest BCUT2D eigenvalue weighted by Crippen LogP contribution is -2.27. The van der Waals surface area contributed by atoms with Crippen molar-refractivity contribution in [1.29, 1.82) is 0 Å². The molecule has 3 fully saturated rings. The number of anilines is 3. The van der Waals surface area contributed by atoms with Crippen molar-refractivity contribution in [1.82, 2.24) is 15.0 Å². The molecule has 16 nitrogen and oxygen atoms in total. The molecule has 12 rings (SSSR count). The van der Waals surface area contributed by atoms with Crippen LogP contribution in [0.1, 0.15) is 46.3 Å². The van der Waals surface area contributed by atoms with Crippen LogP contribution in [0.5, 0.6) is 46.4 Å². The van der Waals surface area contributed by atoms with E-state index in [-0.39, 0.29) is 18.3 Å². The number of carbonyl (C=O) groups is 1. The third-order valence-electron chi connectivity index (χ3n) is 14.0. The summed E-state index contributed by atoms with van der Waals surface area (Å²) < 4.78 is 30.6. The number of hydrogen-bond donors (Lipinski definition) is 2. The number of primary amides is 1. The molecule has 0 spiro atoms. The summed E-state index contributed by atoms with van der Waals surface area (Å²) in [6.07, 6.45) is 8.27. The Hall–Kier alpha value is -10.1. The van der Waals surface area contributed by atoms with Crippen LogP contribution in [0.2, 0.25) is 0 Å². The van der Waals surface area contributed by atoms with Crippen LogP contribution in [0.15, 0.2) is 205 Å². The molecule has 17 heteroatoms. The maximum absolute atomic E-state index is 12.1. The lowest BCUT2D eigenvalue weighted by Gasteiger charge is -2.22. The van der Waals surface area contributed by atoms with E-state index in [0.29, 0.717) is 64.1 Å². The number of ether oxygens (including phenoxy) is 5. The van der Waals surface area contributed by atoms with Gasteiger partial charge in [0.05, 0.1) is 38.3 Å². The lowest BCUT2D eigenvalue weighted by molar-refractivity contribution is 0.1000. The highest BCUT2D eigenvalue weighted by molar-refractivity contribution is 9.10. The SMILES string of the molecule is Cc1ccc(O[C@H]2CCN(c3ccc(Oc4ccccc4)cc3C(N)=O)C2)nc1.Oc1ccccc1.[C-]#[N+]c1cc(Br)ccc1N1CC[C@H](Oc2ccc(C)cn2)C1.[C-]#[N+]c1cc(Oc2ccccc2)ccc1N1CC[C@H](Oc2ccc(C)cn2)C1. The van der Waals surface area contributed by atoms with Gasteiger partial charge in [-0.15, -0.1) is 0 Å². The third kappa shape index (κ3) is 17.5. The number of benzene rings is 6. The number of aromatic hydroxyl groups is 1. The molecule has 0 bridgehead atoms. The zero-order valence-corrected chi connectivity index (χ0v) is 49.7. The standard InChI is InChI=1S/C23H23N3O3.C23H21N3O2.C17H16BrN3O.C6H6O/c1-16-7-10-22(25-14-16)29-19-11-12-26(15-19)21-9-8-18(13-20(21)23(24)27)28-17-5-3-2-4-6-17;1-17-8-11-23(25-15-17)28-20-12-13-26(16-20)22-10-9-19(14-21(22)24-2)27-18-6-4-3-5-7-18;1-12-3-6-17(20-10-12)22-14-7-8-21(11-14)16-5-4-13(18)9-15(16)19-2;7-6-4-2-1-3-5-6/h2-10,13-14,19H,11-12,15H2,1H3,(H2,24,27);3-11,14-15,20H,12-13,16H2,1H3;3-6,9-10,14H,7-8,11H2,1H3;1-5,7H/t19-;20-;14-;/m000./s1. The van der Waals surface area contributed by atoms with Gasteiger partial charge < -0.3 is 49.2 Å². The van der Waals surface area contributed by atoms with E-state index in [9.17, 15) is 4.79 Å². The van der Waals surface area contributed by atoms with Crippen molar-refractivity contribution in [2.24, 2.45) is 5.73 Å². The van der Waals surface area contributed by atoms with Crippen molar-refractivity contribution in [2.75, 3.05) is 54.0 Å². The average Bonchev–Trinajstić information content (AvgIpc) is 4.30. The van der Waals surface area contributed by atoms with Crippen LogP contribution in [0.3, 0.4) is 0 Å². The summed E-state index contributed by atoms with van der Waals surface area (Å²) in [6.45, 7) is 25.6. The van der Waals surface area contributed by atoms with E-state index < -0.39 is 5.91 Å². The Morgan fingerprint density at radius 1 is 0.500 bits per heavy atom. The number of rotatable bonds is 14. The zero-order chi connectivity index (χ0) is 60.2. The predicted molar refractivity (Wildman–Crippen MR) is 340 cm³/mol. The molecule has 6 aromatic carbocycles. The van der Waals surface area contributed by atoms with Gasteiger partial charge in [-0.25, -0.2) is 24.6 Å². The van der Waals surface area contributed by atoms with E-state index in [0.717, 1.165) is 96.0 Å². The van der Waals surface area contributed by atoms with E-state index in [1.54, 1.807) is 42.6 Å². The molecule has 3 aliphatic rings. The number of nitrogens with zero attached hydrogens (tertiary/aromatic N) is 8. The Labute approximate surface area is 510 Å². The predicted octanol–water partition coefficient (Wildman–Crippen LogP) is 15.1. The highest BCUT2D eigenvalue weighted by Gasteiger charge is 2.29. The molecule has 3 saturated heterocycles. The second-order valence-electron chi connectivity index (χ2n) is 20.7. The van der Waals surface area contributed by atoms with E-state index in [1.165, 1.54) is 0 Å². The first-order valence-electron chi connectivity index (χ1n) is 28.2. The van der Waals surface area contributed by atoms with Gasteiger partial charge >= 0.3 is 0 Å². The van der Waals surface area contributed by atoms with Gasteiger partial charge in [0.25, 0.3) is 5.91 Å². The molecule has 3 atom stereocenters. The van der Waals surface area contributed by atoms with Crippen LogP contribution in [0.4, 0.5) is 28.4 Å². The Balaban J connectivity index is 0.000000147. The molecular weight excluding hydrogens is 1150 g/mol. The average molecular weight is 1210 g/mol. The number of para-hydroxylation sites is 3. The Kier molecular flexibility index (Phi) is 21.1. The van der Waals surface area contributed by atoms with E-state index >= 15 is 0 Å². The van der Waals surface area contributed by atoms with Crippen LogP contribution in [-0.4, -0.2) is 83.5 Å². The second-order valence-corrected chi connectivity index (χ2v) is 21.6. The normalized spacial score (nSPS) is 15.7. The van der Waals surface area contributed by atoms with Crippen LogP contribution in [0, 0.1) is 33.9 Å². The molecular formula is C69H66BrN9O7. The molecule has 436 valence electrons. The summed E-state index contributed by atoms with van der Waals surface area (Å²) in [5.74, 6) is 4.46. The number of phenolic OH excluding ortho intramolecular Hbond substituents is 1. The summed E-state index contributed by atoms with van der Waals surface area (Å²) in [5, 5.41) is 8.63. The monoisotopic (exact) mass is 1210 g/mol. The fourth-order valence-electron chi connectivity index (χ4n) is 9.72. The lowest BCUT2D eigenvalue weighted by atomic mass is 10.1. The summed E-state index contributed by atoms with van der Waals surface area (Å²) in [4.78, 5) is 38.8. The fourth-order valence-corrected chi connectivity index (χ4v) is 10.1. The molecule has 0 radical (unpaired) electrons. The summed E-state index contributed by atoms with van der Waals surface area (Å²) in [7, 11) is 0. The second kappa shape index (κ2) is 29.9. The number of aromatic nitrogens is 3. The highest BCUT2D eigenvalue weighted by atomic mass is 79.9. The number of carbonyl (C=O) groups excluding carboxylic acids is 1. The topological polar surface area (TPSA) is 167 Å². The van der Waals surface area contributed by atoms with Crippen molar-refractivity contribution in [3.63, 3.8) is 0 Å². The molecule has 0 aliphatic carbocycles. The van der Waals surface area contributed by atoms with Gasteiger partial charge in [0.2, 0.25) is 29.0 Å². The minimum atomic E-state index is -0.483. The van der Waals surface area contributed by atoms with Gasteiger partial charge in [0, 0.05) is 97.2 Å². The summed E-state index contributed by atoms with van der Waals surface area (Å²) >= 11 is 3.41. The number of halogens is 1. The van der Waals surface area contributed by atoms with Crippen LogP contribution in [-0.2, 0) is 0 Å². The van der Waals surface area contributed by atoms with Gasteiger partial charge in [-0.05, 0) is 128 Å². The van der Waals surface area contributed by atoms with Crippen molar-refractivity contribution in [3.8, 4) is 46.4 Å². The first kappa shape index (κ1) is 60.5. The largest absolute Gasteiger partial charge is 0.508 e. The Morgan fingerprint density at radius 2 is 0.884 bits per heavy atom. The van der Waals surface area contributed by atoms with Crippen molar-refractivity contribution in [3.05, 3.63) is 250 Å². The number of amides is 1. The Morgan fingerprint density at radius 3 is 1.27 bits per heavy atom. The van der Waals surface area contributed by atoms with Crippen LogP contribution < -0.4 is 44.1 Å². The summed E-state index contributed by atoms with van der Waals surface area (Å²) in [6, 6.07) is 56.3. The molecule has 3 aromatic heterocycles. The molecule has 0 saturated carbocycles. The van der Waals surface area contributed by atoms with Gasteiger partial charge in [0.15, 0.2) is 0 Å². The number of nitrogens with two attached hydrogens (primary N) is 1. The maximum atomic E-state index is 12.1.